The zero-order chi connectivity index (χ0) is 5.98. The third kappa shape index (κ3) is 1.23. The van der Waals surface area contributed by atoms with Crippen LogP contribution >= 0.6 is 15.9 Å². The van der Waals surface area contributed by atoms with E-state index in [2.05, 4.69) is 26.2 Å². The lowest BCUT2D eigenvalue weighted by Crippen LogP contribution is -2.26. The standard InChI is InChI=1S/C4H6BrN3/c5-3-1-8-4(6)2-7-3/h2,8H,1,6H2. The maximum Gasteiger partial charge on any atom is 0.115 e. The summed E-state index contributed by atoms with van der Waals surface area (Å²) in [6.07, 6.45) is 1.58. The molecule has 3 N–H and O–H groups in total. The fourth-order valence-electron chi connectivity index (χ4n) is 0.406. The summed E-state index contributed by atoms with van der Waals surface area (Å²) in [5, 5.41) is 2.89. The Bertz CT molecular complexity index is 131. The van der Waals surface area contributed by atoms with Crippen LogP contribution in [0.15, 0.2) is 17.0 Å². The van der Waals surface area contributed by atoms with Gasteiger partial charge in [-0.1, -0.05) is 0 Å². The van der Waals surface area contributed by atoms with Gasteiger partial charge in [0.05, 0.1) is 12.7 Å². The number of hydrogen-bond donors (Lipinski definition) is 2. The Balaban J connectivity index is 2.65. The van der Waals surface area contributed by atoms with Crippen molar-refractivity contribution >= 4 is 20.6 Å². The average Bonchev–Trinajstić information content (AvgIpc) is 1.77. The molecule has 0 aromatic carbocycles. The first-order valence-electron chi connectivity index (χ1n) is 2.21. The van der Waals surface area contributed by atoms with E-state index in [1.165, 1.54) is 0 Å². The van der Waals surface area contributed by atoms with Crippen LogP contribution in [0.5, 0.6) is 0 Å². The number of hydrogen-bond acceptors (Lipinski definition) is 3. The number of rotatable bonds is 0. The Labute approximate surface area is 55.8 Å². The van der Waals surface area contributed by atoms with Gasteiger partial charge < -0.3 is 11.1 Å². The summed E-state index contributed by atoms with van der Waals surface area (Å²) in [5.74, 6) is 0.619. The van der Waals surface area contributed by atoms with Crippen molar-refractivity contribution in [3.63, 3.8) is 0 Å². The van der Waals surface area contributed by atoms with Crippen LogP contribution in [0.2, 0.25) is 0 Å². The number of nitrogens with two attached hydrogens (primary N) is 1. The highest BCUT2D eigenvalue weighted by molar-refractivity contribution is 9.18. The number of halogens is 1. The van der Waals surface area contributed by atoms with E-state index in [9.17, 15) is 0 Å². The third-order valence-electron chi connectivity index (χ3n) is 0.782. The van der Waals surface area contributed by atoms with Crippen LogP contribution in [0.25, 0.3) is 0 Å². The van der Waals surface area contributed by atoms with Gasteiger partial charge in [-0.25, -0.2) is 4.99 Å². The van der Waals surface area contributed by atoms with Crippen LogP contribution in [0.4, 0.5) is 0 Å². The molecule has 4 heteroatoms. The van der Waals surface area contributed by atoms with Crippen LogP contribution in [0, 0.1) is 0 Å². The Kier molecular flexibility index (Phi) is 1.53. The van der Waals surface area contributed by atoms with Gasteiger partial charge in [-0.2, -0.15) is 0 Å². The normalized spacial score (nSPS) is 18.6. The predicted octanol–water partition coefficient (Wildman–Crippen LogP) is 0.141. The highest BCUT2D eigenvalue weighted by Gasteiger charge is 1.97. The molecule has 1 aliphatic heterocycles. The van der Waals surface area contributed by atoms with Gasteiger partial charge in [0, 0.05) is 0 Å². The summed E-state index contributed by atoms with van der Waals surface area (Å²) in [6, 6.07) is 0. The monoisotopic (exact) mass is 175 g/mol. The molecule has 0 aromatic rings. The molecule has 0 aromatic heterocycles. The van der Waals surface area contributed by atoms with Crippen molar-refractivity contribution in [3.05, 3.63) is 12.0 Å². The van der Waals surface area contributed by atoms with Gasteiger partial charge in [0.2, 0.25) is 0 Å². The molecular formula is C4H6BrN3. The topological polar surface area (TPSA) is 50.4 Å². The molecule has 1 rings (SSSR count). The van der Waals surface area contributed by atoms with Crippen molar-refractivity contribution in [3.8, 4) is 0 Å². The van der Waals surface area contributed by atoms with Crippen molar-refractivity contribution in [2.45, 2.75) is 0 Å². The zero-order valence-electron chi connectivity index (χ0n) is 4.19. The molecule has 0 radical (unpaired) electrons. The first kappa shape index (κ1) is 5.62. The second-order valence-corrected chi connectivity index (χ2v) is 2.36. The van der Waals surface area contributed by atoms with Crippen molar-refractivity contribution < 1.29 is 0 Å². The van der Waals surface area contributed by atoms with E-state index in [1.807, 2.05) is 0 Å². The highest BCUT2D eigenvalue weighted by atomic mass is 79.9. The zero-order valence-corrected chi connectivity index (χ0v) is 5.77. The van der Waals surface area contributed by atoms with Gasteiger partial charge in [0.1, 0.15) is 10.4 Å². The molecule has 44 valence electrons. The van der Waals surface area contributed by atoms with Crippen LogP contribution in [-0.2, 0) is 0 Å². The van der Waals surface area contributed by atoms with Gasteiger partial charge in [0.15, 0.2) is 0 Å². The van der Waals surface area contributed by atoms with Crippen LogP contribution in [-0.4, -0.2) is 11.2 Å². The average molecular weight is 176 g/mol. The van der Waals surface area contributed by atoms with Crippen molar-refractivity contribution in [2.75, 3.05) is 6.54 Å². The SMILES string of the molecule is NC1=CN=C(Br)CN1. The lowest BCUT2D eigenvalue weighted by atomic mass is 10.6. The molecule has 0 amide bonds. The van der Waals surface area contributed by atoms with Gasteiger partial charge in [-0.15, -0.1) is 0 Å². The summed E-state index contributed by atoms with van der Waals surface area (Å²) in [4.78, 5) is 3.89. The molecule has 0 aliphatic carbocycles. The largest absolute Gasteiger partial charge is 0.384 e. The Morgan fingerprint density at radius 3 is 3.00 bits per heavy atom. The Morgan fingerprint density at radius 1 is 1.88 bits per heavy atom. The minimum atomic E-state index is 0.619. The predicted molar refractivity (Wildman–Crippen MR) is 36.6 cm³/mol. The van der Waals surface area contributed by atoms with E-state index < -0.39 is 0 Å². The third-order valence-corrected chi connectivity index (χ3v) is 1.27. The van der Waals surface area contributed by atoms with Gasteiger partial charge in [-0.05, 0) is 15.9 Å². The smallest absolute Gasteiger partial charge is 0.115 e. The van der Waals surface area contributed by atoms with E-state index in [1.54, 1.807) is 6.20 Å². The van der Waals surface area contributed by atoms with Crippen LogP contribution < -0.4 is 11.1 Å². The maximum atomic E-state index is 5.32. The minimum absolute atomic E-state index is 0.619. The fraction of sp³-hybridized carbons (Fsp3) is 0.250. The van der Waals surface area contributed by atoms with Crippen molar-refractivity contribution in [1.29, 1.82) is 0 Å². The molecule has 0 fully saturated rings. The molecule has 0 saturated heterocycles. The molecule has 8 heavy (non-hydrogen) atoms. The maximum absolute atomic E-state index is 5.32. The van der Waals surface area contributed by atoms with E-state index in [-0.39, 0.29) is 0 Å². The number of aliphatic imine (C=N–C) groups is 1. The molecule has 1 aliphatic rings. The Hall–Kier alpha value is -0.510. The summed E-state index contributed by atoms with van der Waals surface area (Å²) >= 11 is 3.20. The summed E-state index contributed by atoms with van der Waals surface area (Å²) < 4.78 is 0.881. The second kappa shape index (κ2) is 2.17. The second-order valence-electron chi connectivity index (χ2n) is 1.44. The number of nitrogens with one attached hydrogen (secondary N) is 1. The molecule has 0 atom stereocenters. The van der Waals surface area contributed by atoms with Gasteiger partial charge in [0.25, 0.3) is 0 Å². The minimum Gasteiger partial charge on any atom is -0.384 e. The molecule has 0 spiro atoms. The van der Waals surface area contributed by atoms with Crippen LogP contribution in [0.3, 0.4) is 0 Å². The molecule has 1 heterocycles. The molecular weight excluding hydrogens is 170 g/mol. The molecule has 0 saturated carbocycles. The van der Waals surface area contributed by atoms with Crippen molar-refractivity contribution in [2.24, 2.45) is 10.7 Å². The quantitative estimate of drug-likeness (QED) is 0.551. The summed E-state index contributed by atoms with van der Waals surface area (Å²) in [6.45, 7) is 0.697. The van der Waals surface area contributed by atoms with Crippen molar-refractivity contribution in [1.82, 2.24) is 5.32 Å². The fourth-order valence-corrected chi connectivity index (χ4v) is 0.648. The van der Waals surface area contributed by atoms with E-state index in [4.69, 9.17) is 5.73 Å². The summed E-state index contributed by atoms with van der Waals surface area (Å²) in [7, 11) is 0. The van der Waals surface area contributed by atoms with E-state index in [0.717, 1.165) is 4.62 Å². The lowest BCUT2D eigenvalue weighted by Gasteiger charge is -2.07. The summed E-state index contributed by atoms with van der Waals surface area (Å²) in [5.41, 5.74) is 5.32. The van der Waals surface area contributed by atoms with E-state index >= 15 is 0 Å². The van der Waals surface area contributed by atoms with Gasteiger partial charge in [-0.3, -0.25) is 0 Å². The number of nitrogens with zero attached hydrogens (tertiary/aromatic N) is 1. The Morgan fingerprint density at radius 2 is 2.62 bits per heavy atom. The van der Waals surface area contributed by atoms with Crippen LogP contribution in [0.1, 0.15) is 0 Å². The van der Waals surface area contributed by atoms with E-state index in [0.29, 0.717) is 12.4 Å². The lowest BCUT2D eigenvalue weighted by molar-refractivity contribution is 0.892. The highest BCUT2D eigenvalue weighted by Crippen LogP contribution is 1.95. The molecule has 0 unspecified atom stereocenters. The van der Waals surface area contributed by atoms with Gasteiger partial charge >= 0.3 is 0 Å². The first-order valence-corrected chi connectivity index (χ1v) is 3.00. The molecule has 3 nitrogen and oxygen atoms in total. The molecule has 0 bridgehead atoms. The first-order chi connectivity index (χ1) is 3.79.